The first-order valence-corrected chi connectivity index (χ1v) is 7.70. The standard InChI is InChI=1S/C16H32O3/c1-7-16(5,6)15(18)19-12(4)13-8-10(2)14(9-13)11(3)17/h10-15,17-18H,7-9H2,1-6H3. The van der Waals surface area contributed by atoms with Gasteiger partial charge >= 0.3 is 0 Å². The van der Waals surface area contributed by atoms with Crippen molar-refractivity contribution in [2.45, 2.75) is 79.3 Å². The Bertz CT molecular complexity index is 275. The Hall–Kier alpha value is -0.120. The van der Waals surface area contributed by atoms with E-state index in [9.17, 15) is 10.2 Å². The number of rotatable bonds is 6. The predicted octanol–water partition coefficient (Wildman–Crippen LogP) is 3.19. The van der Waals surface area contributed by atoms with Crippen LogP contribution >= 0.6 is 0 Å². The maximum atomic E-state index is 10.2. The second kappa shape index (κ2) is 6.55. The van der Waals surface area contributed by atoms with Crippen molar-refractivity contribution in [1.82, 2.24) is 0 Å². The van der Waals surface area contributed by atoms with E-state index in [-0.39, 0.29) is 17.6 Å². The number of aliphatic hydroxyl groups is 2. The Balaban J connectivity index is 2.54. The van der Waals surface area contributed by atoms with E-state index in [2.05, 4.69) is 20.8 Å². The van der Waals surface area contributed by atoms with Crippen molar-refractivity contribution < 1.29 is 14.9 Å². The van der Waals surface area contributed by atoms with E-state index >= 15 is 0 Å². The molecule has 0 aliphatic heterocycles. The highest BCUT2D eigenvalue weighted by atomic mass is 16.6. The maximum Gasteiger partial charge on any atom is 0.159 e. The average Bonchev–Trinajstić information content (AvgIpc) is 2.71. The van der Waals surface area contributed by atoms with Gasteiger partial charge in [-0.1, -0.05) is 27.7 Å². The third-order valence-corrected chi connectivity index (χ3v) is 5.19. The van der Waals surface area contributed by atoms with Gasteiger partial charge in [-0.15, -0.1) is 0 Å². The number of hydrogen-bond donors (Lipinski definition) is 2. The number of aliphatic hydroxyl groups excluding tert-OH is 2. The Morgan fingerprint density at radius 3 is 2.21 bits per heavy atom. The van der Waals surface area contributed by atoms with Crippen LogP contribution in [-0.4, -0.2) is 28.7 Å². The minimum Gasteiger partial charge on any atom is -0.393 e. The third-order valence-electron chi connectivity index (χ3n) is 5.19. The number of ether oxygens (including phenoxy) is 1. The maximum absolute atomic E-state index is 10.2. The normalized spacial score (nSPS) is 33.2. The lowest BCUT2D eigenvalue weighted by atomic mass is 9.89. The van der Waals surface area contributed by atoms with E-state index in [0.29, 0.717) is 17.8 Å². The molecular formula is C16H32O3. The molecule has 6 unspecified atom stereocenters. The van der Waals surface area contributed by atoms with Crippen LogP contribution in [0.25, 0.3) is 0 Å². The zero-order chi connectivity index (χ0) is 14.8. The van der Waals surface area contributed by atoms with Crippen LogP contribution < -0.4 is 0 Å². The van der Waals surface area contributed by atoms with Crippen LogP contribution in [0.5, 0.6) is 0 Å². The minimum absolute atomic E-state index is 0.0482. The van der Waals surface area contributed by atoms with E-state index < -0.39 is 6.29 Å². The molecule has 2 N–H and O–H groups in total. The molecule has 3 nitrogen and oxygen atoms in total. The van der Waals surface area contributed by atoms with Crippen molar-refractivity contribution in [2.24, 2.45) is 23.2 Å². The SMILES string of the molecule is CCC(C)(C)C(O)OC(C)C1CC(C)C(C(C)O)C1. The highest BCUT2D eigenvalue weighted by Gasteiger charge is 2.38. The summed E-state index contributed by atoms with van der Waals surface area (Å²) in [6.07, 6.45) is 2.05. The minimum atomic E-state index is -0.714. The summed E-state index contributed by atoms with van der Waals surface area (Å²) in [5, 5.41) is 20.0. The summed E-state index contributed by atoms with van der Waals surface area (Å²) in [5.74, 6) is 1.34. The molecule has 0 aromatic heterocycles. The zero-order valence-corrected chi connectivity index (χ0v) is 13.4. The Labute approximate surface area is 118 Å². The molecule has 1 saturated carbocycles. The van der Waals surface area contributed by atoms with E-state index in [1.807, 2.05) is 20.8 Å². The Morgan fingerprint density at radius 2 is 1.79 bits per heavy atom. The van der Waals surface area contributed by atoms with Gasteiger partial charge in [0.1, 0.15) is 0 Å². The highest BCUT2D eigenvalue weighted by Crippen LogP contribution is 2.41. The van der Waals surface area contributed by atoms with Crippen LogP contribution in [-0.2, 0) is 4.74 Å². The first-order chi connectivity index (χ1) is 8.69. The quantitative estimate of drug-likeness (QED) is 0.730. The molecule has 1 rings (SSSR count). The summed E-state index contributed by atoms with van der Waals surface area (Å²) in [4.78, 5) is 0. The zero-order valence-electron chi connectivity index (χ0n) is 13.4. The second-order valence-corrected chi connectivity index (χ2v) is 7.15. The van der Waals surface area contributed by atoms with E-state index in [1.165, 1.54) is 0 Å². The first kappa shape index (κ1) is 16.9. The van der Waals surface area contributed by atoms with Crippen molar-refractivity contribution in [1.29, 1.82) is 0 Å². The first-order valence-electron chi connectivity index (χ1n) is 7.70. The van der Waals surface area contributed by atoms with Gasteiger partial charge in [0.15, 0.2) is 6.29 Å². The van der Waals surface area contributed by atoms with Crippen molar-refractivity contribution in [3.8, 4) is 0 Å². The molecule has 0 bridgehead atoms. The molecule has 0 radical (unpaired) electrons. The summed E-state index contributed by atoms with van der Waals surface area (Å²) >= 11 is 0. The molecule has 0 aromatic rings. The summed E-state index contributed by atoms with van der Waals surface area (Å²) < 4.78 is 5.84. The van der Waals surface area contributed by atoms with Crippen LogP contribution in [0, 0.1) is 23.2 Å². The van der Waals surface area contributed by atoms with E-state index in [0.717, 1.165) is 19.3 Å². The van der Waals surface area contributed by atoms with Gasteiger partial charge in [-0.05, 0) is 50.9 Å². The molecule has 0 heterocycles. The van der Waals surface area contributed by atoms with Crippen molar-refractivity contribution in [3.05, 3.63) is 0 Å². The molecule has 1 aliphatic carbocycles. The molecule has 1 fully saturated rings. The predicted molar refractivity (Wildman–Crippen MR) is 77.7 cm³/mol. The summed E-state index contributed by atoms with van der Waals surface area (Å²) in [6, 6.07) is 0. The fourth-order valence-corrected chi connectivity index (χ4v) is 3.06. The van der Waals surface area contributed by atoms with Gasteiger partial charge in [-0.3, -0.25) is 0 Å². The molecular weight excluding hydrogens is 240 g/mol. The van der Waals surface area contributed by atoms with E-state index in [1.54, 1.807) is 0 Å². The molecule has 0 amide bonds. The molecule has 6 atom stereocenters. The van der Waals surface area contributed by atoms with Gasteiger partial charge in [0, 0.05) is 5.41 Å². The van der Waals surface area contributed by atoms with E-state index in [4.69, 9.17) is 4.74 Å². The topological polar surface area (TPSA) is 49.7 Å². The molecule has 0 saturated heterocycles. The Morgan fingerprint density at radius 1 is 1.21 bits per heavy atom. The van der Waals surface area contributed by atoms with Crippen LogP contribution in [0.3, 0.4) is 0 Å². The molecule has 0 spiro atoms. The van der Waals surface area contributed by atoms with Gasteiger partial charge in [0.2, 0.25) is 0 Å². The average molecular weight is 272 g/mol. The van der Waals surface area contributed by atoms with Crippen LogP contribution in [0.1, 0.15) is 60.8 Å². The van der Waals surface area contributed by atoms with Gasteiger partial charge in [0.05, 0.1) is 12.2 Å². The van der Waals surface area contributed by atoms with Crippen LogP contribution in [0.2, 0.25) is 0 Å². The molecule has 3 heteroatoms. The van der Waals surface area contributed by atoms with Gasteiger partial charge in [-0.2, -0.15) is 0 Å². The monoisotopic (exact) mass is 272 g/mol. The second-order valence-electron chi connectivity index (χ2n) is 7.15. The van der Waals surface area contributed by atoms with Crippen molar-refractivity contribution in [3.63, 3.8) is 0 Å². The fourth-order valence-electron chi connectivity index (χ4n) is 3.06. The third kappa shape index (κ3) is 4.17. The Kier molecular flexibility index (Phi) is 5.84. The van der Waals surface area contributed by atoms with Crippen molar-refractivity contribution in [2.75, 3.05) is 0 Å². The molecule has 0 aromatic carbocycles. The fraction of sp³-hybridized carbons (Fsp3) is 1.00. The van der Waals surface area contributed by atoms with Crippen LogP contribution in [0.15, 0.2) is 0 Å². The summed E-state index contributed by atoms with van der Waals surface area (Å²) in [6.45, 7) is 12.3. The lowest BCUT2D eigenvalue weighted by molar-refractivity contribution is -0.199. The van der Waals surface area contributed by atoms with Crippen molar-refractivity contribution >= 4 is 0 Å². The smallest absolute Gasteiger partial charge is 0.159 e. The molecule has 1 aliphatic rings. The van der Waals surface area contributed by atoms with Gasteiger partial charge < -0.3 is 14.9 Å². The lowest BCUT2D eigenvalue weighted by Gasteiger charge is -2.33. The largest absolute Gasteiger partial charge is 0.393 e. The van der Waals surface area contributed by atoms with Gasteiger partial charge in [0.25, 0.3) is 0 Å². The number of hydrogen-bond acceptors (Lipinski definition) is 3. The van der Waals surface area contributed by atoms with Crippen LogP contribution in [0.4, 0.5) is 0 Å². The summed E-state index contributed by atoms with van der Waals surface area (Å²) in [5.41, 5.74) is -0.206. The summed E-state index contributed by atoms with van der Waals surface area (Å²) in [7, 11) is 0. The van der Waals surface area contributed by atoms with Gasteiger partial charge in [-0.25, -0.2) is 0 Å². The lowest BCUT2D eigenvalue weighted by Crippen LogP contribution is -2.36. The molecule has 114 valence electrons. The highest BCUT2D eigenvalue weighted by molar-refractivity contribution is 4.87. The molecule has 19 heavy (non-hydrogen) atoms.